The molecule has 0 bridgehead atoms. The fourth-order valence-corrected chi connectivity index (χ4v) is 0.898. The Labute approximate surface area is 75.9 Å². The van der Waals surface area contributed by atoms with Crippen molar-refractivity contribution in [1.82, 2.24) is 4.90 Å². The molecule has 0 saturated heterocycles. The van der Waals surface area contributed by atoms with Crippen LogP contribution in [-0.4, -0.2) is 24.4 Å². The minimum absolute atomic E-state index is 0.235. The summed E-state index contributed by atoms with van der Waals surface area (Å²) < 4.78 is 0. The molecule has 72 valence electrons. The zero-order valence-corrected chi connectivity index (χ0v) is 8.98. The number of hydrogen-bond acceptors (Lipinski definition) is 1. The maximum atomic E-state index is 11.2. The molecule has 12 heavy (non-hydrogen) atoms. The lowest BCUT2D eigenvalue weighted by Gasteiger charge is -2.23. The van der Waals surface area contributed by atoms with Gasteiger partial charge in [-0.1, -0.05) is 27.7 Å². The molecular formula is C10H21NO. The van der Waals surface area contributed by atoms with Crippen LogP contribution in [0, 0.1) is 5.41 Å². The van der Waals surface area contributed by atoms with Gasteiger partial charge in [0.15, 0.2) is 0 Å². The summed E-state index contributed by atoms with van der Waals surface area (Å²) in [6, 6.07) is 0. The van der Waals surface area contributed by atoms with Crippen LogP contribution in [0.5, 0.6) is 0 Å². The monoisotopic (exact) mass is 171 g/mol. The van der Waals surface area contributed by atoms with Gasteiger partial charge in [0.1, 0.15) is 0 Å². The first-order valence-corrected chi connectivity index (χ1v) is 4.61. The summed E-state index contributed by atoms with van der Waals surface area (Å²) in [6.07, 6.45) is 1.68. The van der Waals surface area contributed by atoms with Crippen LogP contribution in [0.15, 0.2) is 0 Å². The van der Waals surface area contributed by atoms with Crippen molar-refractivity contribution in [1.29, 1.82) is 0 Å². The van der Waals surface area contributed by atoms with Crippen molar-refractivity contribution in [2.45, 2.75) is 40.5 Å². The van der Waals surface area contributed by atoms with Gasteiger partial charge >= 0.3 is 0 Å². The highest BCUT2D eigenvalue weighted by atomic mass is 16.2. The molecule has 0 aromatic carbocycles. The number of nitrogens with zero attached hydrogens (tertiary/aromatic N) is 1. The first-order chi connectivity index (χ1) is 5.37. The Morgan fingerprint density at radius 1 is 1.33 bits per heavy atom. The van der Waals surface area contributed by atoms with E-state index in [0.717, 1.165) is 13.0 Å². The van der Waals surface area contributed by atoms with E-state index in [-0.39, 0.29) is 5.91 Å². The molecule has 0 radical (unpaired) electrons. The first kappa shape index (κ1) is 11.5. The maximum Gasteiger partial charge on any atom is 0.222 e. The Hall–Kier alpha value is -0.530. The fourth-order valence-electron chi connectivity index (χ4n) is 0.898. The molecule has 0 saturated carbocycles. The Kier molecular flexibility index (Phi) is 4.29. The van der Waals surface area contributed by atoms with Crippen molar-refractivity contribution in [3.63, 3.8) is 0 Å². The van der Waals surface area contributed by atoms with E-state index in [9.17, 15) is 4.79 Å². The first-order valence-electron chi connectivity index (χ1n) is 4.61. The van der Waals surface area contributed by atoms with Crippen LogP contribution in [0.1, 0.15) is 40.5 Å². The maximum absolute atomic E-state index is 11.2. The third-order valence-electron chi connectivity index (χ3n) is 1.93. The summed E-state index contributed by atoms with van der Waals surface area (Å²) in [5.74, 6) is 0.235. The lowest BCUT2D eigenvalue weighted by molar-refractivity contribution is -0.129. The smallest absolute Gasteiger partial charge is 0.222 e. The number of hydrogen-bond donors (Lipinski definition) is 0. The Morgan fingerprint density at radius 3 is 2.17 bits per heavy atom. The van der Waals surface area contributed by atoms with E-state index in [1.54, 1.807) is 0 Å². The van der Waals surface area contributed by atoms with Crippen LogP contribution in [0.2, 0.25) is 0 Å². The van der Waals surface area contributed by atoms with Crippen LogP contribution in [0.3, 0.4) is 0 Å². The summed E-state index contributed by atoms with van der Waals surface area (Å²) in [5.41, 5.74) is 0.322. The molecule has 0 rings (SSSR count). The molecule has 0 fully saturated rings. The highest BCUT2D eigenvalue weighted by Crippen LogP contribution is 2.18. The SMILES string of the molecule is CCC(=O)N(C)CCC(C)(C)C. The highest BCUT2D eigenvalue weighted by Gasteiger charge is 2.13. The predicted molar refractivity (Wildman–Crippen MR) is 52.0 cm³/mol. The molecule has 0 N–H and O–H groups in total. The standard InChI is InChI=1S/C10H21NO/c1-6-9(12)11(5)8-7-10(2,3)4/h6-8H2,1-5H3. The van der Waals surface area contributed by atoms with E-state index in [2.05, 4.69) is 20.8 Å². The van der Waals surface area contributed by atoms with Gasteiger partial charge in [-0.25, -0.2) is 0 Å². The molecule has 0 aromatic heterocycles. The largest absolute Gasteiger partial charge is 0.346 e. The van der Waals surface area contributed by atoms with Crippen molar-refractivity contribution < 1.29 is 4.79 Å². The molecule has 0 aromatic rings. The van der Waals surface area contributed by atoms with Crippen molar-refractivity contribution in [2.75, 3.05) is 13.6 Å². The summed E-state index contributed by atoms with van der Waals surface area (Å²) in [5, 5.41) is 0. The third kappa shape index (κ3) is 5.16. The number of rotatable bonds is 3. The van der Waals surface area contributed by atoms with Crippen molar-refractivity contribution >= 4 is 5.91 Å². The molecule has 0 aliphatic carbocycles. The van der Waals surface area contributed by atoms with Crippen LogP contribution >= 0.6 is 0 Å². The van der Waals surface area contributed by atoms with Gasteiger partial charge in [-0.2, -0.15) is 0 Å². The van der Waals surface area contributed by atoms with E-state index < -0.39 is 0 Å². The Morgan fingerprint density at radius 2 is 1.83 bits per heavy atom. The molecular weight excluding hydrogens is 150 g/mol. The second-order valence-electron chi connectivity index (χ2n) is 4.48. The minimum Gasteiger partial charge on any atom is -0.346 e. The molecule has 0 atom stereocenters. The molecule has 0 unspecified atom stereocenters. The second kappa shape index (κ2) is 4.48. The average molecular weight is 171 g/mol. The minimum atomic E-state index is 0.235. The van der Waals surface area contributed by atoms with E-state index in [1.165, 1.54) is 0 Å². The van der Waals surface area contributed by atoms with Gasteiger partial charge in [-0.05, 0) is 11.8 Å². The van der Waals surface area contributed by atoms with Crippen LogP contribution in [0.25, 0.3) is 0 Å². The molecule has 0 aliphatic heterocycles. The molecule has 0 aliphatic rings. The molecule has 0 spiro atoms. The summed E-state index contributed by atoms with van der Waals surface area (Å²) in [4.78, 5) is 13.0. The average Bonchev–Trinajstić information content (AvgIpc) is 1.97. The molecule has 2 nitrogen and oxygen atoms in total. The van der Waals surface area contributed by atoms with Gasteiger partial charge < -0.3 is 4.90 Å². The van der Waals surface area contributed by atoms with E-state index >= 15 is 0 Å². The molecule has 0 heterocycles. The quantitative estimate of drug-likeness (QED) is 0.638. The number of amides is 1. The van der Waals surface area contributed by atoms with Crippen LogP contribution in [0.4, 0.5) is 0 Å². The number of carbonyl (C=O) groups is 1. The third-order valence-corrected chi connectivity index (χ3v) is 1.93. The van der Waals surface area contributed by atoms with Gasteiger partial charge in [0, 0.05) is 20.0 Å². The summed E-state index contributed by atoms with van der Waals surface area (Å²) >= 11 is 0. The van der Waals surface area contributed by atoms with E-state index in [0.29, 0.717) is 11.8 Å². The van der Waals surface area contributed by atoms with Gasteiger partial charge in [0.25, 0.3) is 0 Å². The molecule has 1 amide bonds. The van der Waals surface area contributed by atoms with Crippen molar-refractivity contribution in [3.8, 4) is 0 Å². The topological polar surface area (TPSA) is 20.3 Å². The lowest BCUT2D eigenvalue weighted by atomic mass is 9.92. The van der Waals surface area contributed by atoms with Gasteiger partial charge in [-0.15, -0.1) is 0 Å². The lowest BCUT2D eigenvalue weighted by Crippen LogP contribution is -2.29. The summed E-state index contributed by atoms with van der Waals surface area (Å²) in [6.45, 7) is 9.35. The van der Waals surface area contributed by atoms with E-state index in [1.807, 2.05) is 18.9 Å². The van der Waals surface area contributed by atoms with Crippen molar-refractivity contribution in [3.05, 3.63) is 0 Å². The predicted octanol–water partition coefficient (Wildman–Crippen LogP) is 2.29. The molecule has 2 heteroatoms. The van der Waals surface area contributed by atoms with E-state index in [4.69, 9.17) is 0 Å². The Bertz CT molecular complexity index is 146. The van der Waals surface area contributed by atoms with Crippen LogP contribution < -0.4 is 0 Å². The van der Waals surface area contributed by atoms with Crippen LogP contribution in [-0.2, 0) is 4.79 Å². The van der Waals surface area contributed by atoms with Gasteiger partial charge in [-0.3, -0.25) is 4.79 Å². The van der Waals surface area contributed by atoms with Gasteiger partial charge in [0.2, 0.25) is 5.91 Å². The summed E-state index contributed by atoms with van der Waals surface area (Å²) in [7, 11) is 1.87. The van der Waals surface area contributed by atoms with Crippen molar-refractivity contribution in [2.24, 2.45) is 5.41 Å². The zero-order chi connectivity index (χ0) is 9.78. The normalized spacial score (nSPS) is 11.4. The highest BCUT2D eigenvalue weighted by molar-refractivity contribution is 5.75. The fraction of sp³-hybridized carbons (Fsp3) is 0.900. The number of carbonyl (C=O) groups excluding carboxylic acids is 1. The zero-order valence-electron chi connectivity index (χ0n) is 8.98. The Balaban J connectivity index is 3.72. The van der Waals surface area contributed by atoms with Gasteiger partial charge in [0.05, 0.1) is 0 Å². The second-order valence-corrected chi connectivity index (χ2v) is 4.48.